The first-order valence-corrected chi connectivity index (χ1v) is 7.61. The Morgan fingerprint density at radius 2 is 2.27 bits per heavy atom. The predicted octanol–water partition coefficient (Wildman–Crippen LogP) is 2.03. The molecule has 2 N–H and O–H groups in total. The third-order valence-electron chi connectivity index (χ3n) is 3.66. The lowest BCUT2D eigenvalue weighted by molar-refractivity contribution is 0.0730. The van der Waals surface area contributed by atoms with Gasteiger partial charge >= 0.3 is 0 Å². The quantitative estimate of drug-likeness (QED) is 0.883. The smallest absolute Gasteiger partial charge is 0.255 e. The van der Waals surface area contributed by atoms with Gasteiger partial charge in [-0.3, -0.25) is 4.79 Å². The number of nitrogens with zero attached hydrogens (tertiary/aromatic N) is 3. The van der Waals surface area contributed by atoms with Crippen LogP contribution < -0.4 is 10.5 Å². The van der Waals surface area contributed by atoms with Gasteiger partial charge in [-0.1, -0.05) is 0 Å². The maximum absolute atomic E-state index is 12.7. The van der Waals surface area contributed by atoms with Crippen LogP contribution in [0.4, 0.5) is 5.95 Å². The lowest BCUT2D eigenvalue weighted by atomic mass is 10.1. The van der Waals surface area contributed by atoms with E-state index in [1.54, 1.807) is 30.3 Å². The van der Waals surface area contributed by atoms with E-state index in [1.165, 1.54) is 0 Å². The molecule has 0 atom stereocenters. The summed E-state index contributed by atoms with van der Waals surface area (Å²) in [6, 6.07) is 5.35. The SMILES string of the molecule is COc1ccc(Br)c(C(=O)N2CCc3cnc(N)nc3C2)c1. The van der Waals surface area contributed by atoms with Crippen molar-refractivity contribution in [1.82, 2.24) is 14.9 Å². The Balaban J connectivity index is 1.88. The Hall–Kier alpha value is -2.15. The van der Waals surface area contributed by atoms with Gasteiger partial charge in [-0.05, 0) is 46.1 Å². The fourth-order valence-corrected chi connectivity index (χ4v) is 2.87. The molecule has 0 saturated carbocycles. The van der Waals surface area contributed by atoms with Gasteiger partial charge in [0.15, 0.2) is 0 Å². The minimum Gasteiger partial charge on any atom is -0.497 e. The molecule has 1 aromatic heterocycles. The van der Waals surface area contributed by atoms with Crippen molar-refractivity contribution in [2.24, 2.45) is 0 Å². The molecule has 1 aliphatic rings. The van der Waals surface area contributed by atoms with E-state index in [0.717, 1.165) is 22.2 Å². The number of fused-ring (bicyclic) bond motifs is 1. The van der Waals surface area contributed by atoms with Gasteiger partial charge in [0.2, 0.25) is 5.95 Å². The van der Waals surface area contributed by atoms with Crippen LogP contribution in [-0.2, 0) is 13.0 Å². The minimum atomic E-state index is -0.0615. The number of carbonyl (C=O) groups is 1. The first-order chi connectivity index (χ1) is 10.6. The van der Waals surface area contributed by atoms with E-state index >= 15 is 0 Å². The molecule has 0 radical (unpaired) electrons. The molecule has 0 aliphatic carbocycles. The summed E-state index contributed by atoms with van der Waals surface area (Å²) in [6.07, 6.45) is 2.46. The number of aromatic nitrogens is 2. The number of nitrogen functional groups attached to an aromatic ring is 1. The monoisotopic (exact) mass is 362 g/mol. The van der Waals surface area contributed by atoms with Crippen LogP contribution in [0.2, 0.25) is 0 Å². The summed E-state index contributed by atoms with van der Waals surface area (Å²) in [5.74, 6) is 0.819. The molecular weight excluding hydrogens is 348 g/mol. The average molecular weight is 363 g/mol. The van der Waals surface area contributed by atoms with Gasteiger partial charge in [0, 0.05) is 17.2 Å². The molecular formula is C15H15BrN4O2. The third-order valence-corrected chi connectivity index (χ3v) is 4.35. The molecule has 0 spiro atoms. The van der Waals surface area contributed by atoms with Crippen molar-refractivity contribution in [3.63, 3.8) is 0 Å². The maximum Gasteiger partial charge on any atom is 0.255 e. The minimum absolute atomic E-state index is 0.0615. The molecule has 114 valence electrons. The van der Waals surface area contributed by atoms with E-state index in [-0.39, 0.29) is 11.9 Å². The molecule has 0 fully saturated rings. The Morgan fingerprint density at radius 1 is 1.45 bits per heavy atom. The normalized spacial score (nSPS) is 13.6. The fourth-order valence-electron chi connectivity index (χ4n) is 2.46. The van der Waals surface area contributed by atoms with Crippen LogP contribution in [0.25, 0.3) is 0 Å². The summed E-state index contributed by atoms with van der Waals surface area (Å²) >= 11 is 3.42. The Kier molecular flexibility index (Phi) is 3.98. The van der Waals surface area contributed by atoms with Gasteiger partial charge in [-0.25, -0.2) is 9.97 Å². The van der Waals surface area contributed by atoms with E-state index in [9.17, 15) is 4.79 Å². The zero-order valence-corrected chi connectivity index (χ0v) is 13.6. The second kappa shape index (κ2) is 5.92. The number of hydrogen-bond acceptors (Lipinski definition) is 5. The topological polar surface area (TPSA) is 81.3 Å². The number of carbonyl (C=O) groups excluding carboxylic acids is 1. The highest BCUT2D eigenvalue weighted by Crippen LogP contribution is 2.26. The second-order valence-electron chi connectivity index (χ2n) is 5.02. The van der Waals surface area contributed by atoms with E-state index in [2.05, 4.69) is 25.9 Å². The highest BCUT2D eigenvalue weighted by Gasteiger charge is 2.24. The van der Waals surface area contributed by atoms with Gasteiger partial charge in [-0.15, -0.1) is 0 Å². The van der Waals surface area contributed by atoms with E-state index in [4.69, 9.17) is 10.5 Å². The van der Waals surface area contributed by atoms with E-state index in [0.29, 0.717) is 24.4 Å². The number of hydrogen-bond donors (Lipinski definition) is 1. The van der Waals surface area contributed by atoms with Crippen molar-refractivity contribution in [3.05, 3.63) is 45.7 Å². The summed E-state index contributed by atoms with van der Waals surface area (Å²) in [7, 11) is 1.58. The molecule has 0 unspecified atom stereocenters. The van der Waals surface area contributed by atoms with Crippen molar-refractivity contribution in [2.45, 2.75) is 13.0 Å². The van der Waals surface area contributed by atoms with Crippen molar-refractivity contribution >= 4 is 27.8 Å². The van der Waals surface area contributed by atoms with Crippen molar-refractivity contribution in [3.8, 4) is 5.75 Å². The van der Waals surface area contributed by atoms with Gasteiger partial charge < -0.3 is 15.4 Å². The van der Waals surface area contributed by atoms with E-state index < -0.39 is 0 Å². The number of methoxy groups -OCH3 is 1. The summed E-state index contributed by atoms with van der Waals surface area (Å²) in [5, 5.41) is 0. The zero-order chi connectivity index (χ0) is 15.7. The number of ether oxygens (including phenoxy) is 1. The molecule has 1 aromatic carbocycles. The highest BCUT2D eigenvalue weighted by atomic mass is 79.9. The molecule has 0 bridgehead atoms. The van der Waals surface area contributed by atoms with Crippen molar-refractivity contribution in [1.29, 1.82) is 0 Å². The fraction of sp³-hybridized carbons (Fsp3) is 0.267. The maximum atomic E-state index is 12.7. The van der Waals surface area contributed by atoms with Gasteiger partial charge in [-0.2, -0.15) is 0 Å². The van der Waals surface area contributed by atoms with Gasteiger partial charge in [0.05, 0.1) is 24.9 Å². The molecule has 2 heterocycles. The number of halogens is 1. The Bertz CT molecular complexity index is 735. The largest absolute Gasteiger partial charge is 0.497 e. The zero-order valence-electron chi connectivity index (χ0n) is 12.0. The predicted molar refractivity (Wildman–Crippen MR) is 85.6 cm³/mol. The molecule has 2 aromatic rings. The third kappa shape index (κ3) is 2.76. The van der Waals surface area contributed by atoms with Crippen molar-refractivity contribution in [2.75, 3.05) is 19.4 Å². The molecule has 3 rings (SSSR count). The first kappa shape index (κ1) is 14.8. The summed E-state index contributed by atoms with van der Waals surface area (Å²) < 4.78 is 5.93. The van der Waals surface area contributed by atoms with Crippen LogP contribution in [0, 0.1) is 0 Å². The van der Waals surface area contributed by atoms with Crippen molar-refractivity contribution < 1.29 is 9.53 Å². The van der Waals surface area contributed by atoms with Crippen LogP contribution in [0.3, 0.4) is 0 Å². The number of anilines is 1. The first-order valence-electron chi connectivity index (χ1n) is 6.81. The van der Waals surface area contributed by atoms with E-state index in [1.807, 2.05) is 6.07 Å². The molecule has 1 aliphatic heterocycles. The molecule has 0 saturated heterocycles. The lowest BCUT2D eigenvalue weighted by Gasteiger charge is -2.28. The highest BCUT2D eigenvalue weighted by molar-refractivity contribution is 9.10. The summed E-state index contributed by atoms with van der Waals surface area (Å²) in [5.41, 5.74) is 8.06. The molecule has 7 heteroatoms. The molecule has 1 amide bonds. The number of rotatable bonds is 2. The Labute approximate surface area is 136 Å². The molecule has 6 nitrogen and oxygen atoms in total. The average Bonchev–Trinajstić information content (AvgIpc) is 2.54. The van der Waals surface area contributed by atoms with Crippen LogP contribution in [0.1, 0.15) is 21.6 Å². The second-order valence-corrected chi connectivity index (χ2v) is 5.88. The lowest BCUT2D eigenvalue weighted by Crippen LogP contribution is -2.36. The number of benzene rings is 1. The van der Waals surface area contributed by atoms with Crippen LogP contribution in [-0.4, -0.2) is 34.4 Å². The van der Waals surface area contributed by atoms with Gasteiger partial charge in [0.25, 0.3) is 5.91 Å². The summed E-state index contributed by atoms with van der Waals surface area (Å²) in [4.78, 5) is 22.7. The summed E-state index contributed by atoms with van der Waals surface area (Å²) in [6.45, 7) is 1.06. The molecule has 22 heavy (non-hydrogen) atoms. The standard InChI is InChI=1S/C15H15BrN4O2/c1-22-10-2-3-12(16)11(6-10)14(21)20-5-4-9-7-18-15(17)19-13(9)8-20/h2-3,6-7H,4-5,8H2,1H3,(H2,17,18,19). The van der Waals surface area contributed by atoms with Crippen LogP contribution in [0.5, 0.6) is 5.75 Å². The van der Waals surface area contributed by atoms with Crippen LogP contribution >= 0.6 is 15.9 Å². The number of nitrogens with two attached hydrogens (primary N) is 1. The van der Waals surface area contributed by atoms with Crippen LogP contribution in [0.15, 0.2) is 28.9 Å². The Morgan fingerprint density at radius 3 is 3.05 bits per heavy atom. The number of amides is 1. The van der Waals surface area contributed by atoms with Gasteiger partial charge in [0.1, 0.15) is 5.75 Å².